The lowest BCUT2D eigenvalue weighted by Crippen LogP contribution is -2.24. The van der Waals surface area contributed by atoms with Crippen molar-refractivity contribution in [1.29, 1.82) is 0 Å². The first-order chi connectivity index (χ1) is 8.13. The van der Waals surface area contributed by atoms with Gasteiger partial charge < -0.3 is 14.6 Å². The molecule has 94 valence electrons. The van der Waals surface area contributed by atoms with Crippen LogP contribution < -0.4 is 4.74 Å². The normalized spacial score (nSPS) is 24.7. The molecule has 1 aromatic carbocycles. The summed E-state index contributed by atoms with van der Waals surface area (Å²) in [4.78, 5) is 0. The third-order valence-electron chi connectivity index (χ3n) is 2.90. The minimum absolute atomic E-state index is 0.127. The zero-order valence-corrected chi connectivity index (χ0v) is 9.45. The molecule has 1 aromatic rings. The van der Waals surface area contributed by atoms with Crippen LogP contribution in [0.25, 0.3) is 0 Å². The zero-order chi connectivity index (χ0) is 12.4. The second-order valence-electron chi connectivity index (χ2n) is 4.02. The average molecular weight is 244 g/mol. The Hall–Kier alpha value is -1.20. The summed E-state index contributed by atoms with van der Waals surface area (Å²) in [6, 6.07) is 2.79. The van der Waals surface area contributed by atoms with Crippen molar-refractivity contribution in [3.63, 3.8) is 0 Å². The number of hydrogen-bond acceptors (Lipinski definition) is 3. The molecule has 3 nitrogen and oxygen atoms in total. The highest BCUT2D eigenvalue weighted by molar-refractivity contribution is 5.32. The van der Waals surface area contributed by atoms with Gasteiger partial charge in [-0.05, 0) is 18.6 Å². The van der Waals surface area contributed by atoms with E-state index in [-0.39, 0.29) is 17.7 Å². The maximum absolute atomic E-state index is 13.7. The molecular formula is C12H14F2O3. The lowest BCUT2D eigenvalue weighted by molar-refractivity contribution is -0.0464. The molecule has 0 spiro atoms. The molecule has 1 N–H and O–H groups in total. The number of methoxy groups -OCH3 is 1. The fourth-order valence-electron chi connectivity index (χ4n) is 1.95. The minimum Gasteiger partial charge on any atom is -0.494 e. The van der Waals surface area contributed by atoms with Gasteiger partial charge in [0.15, 0.2) is 11.6 Å². The maximum atomic E-state index is 13.7. The van der Waals surface area contributed by atoms with Crippen LogP contribution in [0, 0.1) is 11.6 Å². The number of rotatable bonds is 2. The van der Waals surface area contributed by atoms with Crippen molar-refractivity contribution in [2.75, 3.05) is 13.7 Å². The average Bonchev–Trinajstić information content (AvgIpc) is 2.32. The van der Waals surface area contributed by atoms with Crippen LogP contribution in [0.2, 0.25) is 0 Å². The SMILES string of the molecule is COc1ccc(C2CC(O)CCO2)c(F)c1F. The number of halogens is 2. The molecule has 1 aliphatic heterocycles. The summed E-state index contributed by atoms with van der Waals surface area (Å²) in [6.07, 6.45) is -0.322. The Labute approximate surface area is 98.0 Å². The summed E-state index contributed by atoms with van der Waals surface area (Å²) in [6.45, 7) is 0.346. The summed E-state index contributed by atoms with van der Waals surface area (Å²) in [5, 5.41) is 9.48. The first kappa shape index (κ1) is 12.3. The Morgan fingerprint density at radius 1 is 1.35 bits per heavy atom. The number of aliphatic hydroxyl groups is 1. The van der Waals surface area contributed by atoms with Gasteiger partial charge in [-0.2, -0.15) is 4.39 Å². The van der Waals surface area contributed by atoms with Gasteiger partial charge in [-0.1, -0.05) is 0 Å². The highest BCUT2D eigenvalue weighted by Crippen LogP contribution is 2.33. The van der Waals surface area contributed by atoms with Crippen molar-refractivity contribution in [1.82, 2.24) is 0 Å². The Kier molecular flexibility index (Phi) is 3.59. The molecule has 1 aliphatic rings. The van der Waals surface area contributed by atoms with Crippen LogP contribution in [0.5, 0.6) is 5.75 Å². The molecule has 0 radical (unpaired) electrons. The third kappa shape index (κ3) is 2.40. The molecule has 0 amide bonds. The Morgan fingerprint density at radius 2 is 2.12 bits per heavy atom. The van der Waals surface area contributed by atoms with Gasteiger partial charge in [-0.15, -0.1) is 0 Å². The van der Waals surface area contributed by atoms with Gasteiger partial charge in [-0.3, -0.25) is 0 Å². The van der Waals surface area contributed by atoms with E-state index in [4.69, 9.17) is 4.74 Å². The summed E-state index contributed by atoms with van der Waals surface area (Å²) in [5.41, 5.74) is 0.127. The van der Waals surface area contributed by atoms with Crippen molar-refractivity contribution in [2.24, 2.45) is 0 Å². The van der Waals surface area contributed by atoms with Crippen LogP contribution in [-0.4, -0.2) is 24.9 Å². The van der Waals surface area contributed by atoms with Crippen LogP contribution in [0.1, 0.15) is 24.5 Å². The molecule has 0 aliphatic carbocycles. The van der Waals surface area contributed by atoms with Gasteiger partial charge in [0, 0.05) is 18.6 Å². The molecule has 0 saturated carbocycles. The first-order valence-electron chi connectivity index (χ1n) is 5.45. The number of ether oxygens (including phenoxy) is 2. The molecule has 17 heavy (non-hydrogen) atoms. The van der Waals surface area contributed by atoms with E-state index in [1.807, 2.05) is 0 Å². The fraction of sp³-hybridized carbons (Fsp3) is 0.500. The van der Waals surface area contributed by atoms with E-state index in [0.29, 0.717) is 13.0 Å². The maximum Gasteiger partial charge on any atom is 0.200 e. The van der Waals surface area contributed by atoms with E-state index in [1.165, 1.54) is 19.2 Å². The Morgan fingerprint density at radius 3 is 2.76 bits per heavy atom. The van der Waals surface area contributed by atoms with Gasteiger partial charge in [0.1, 0.15) is 0 Å². The molecule has 2 unspecified atom stereocenters. The van der Waals surface area contributed by atoms with E-state index in [9.17, 15) is 13.9 Å². The van der Waals surface area contributed by atoms with E-state index in [0.717, 1.165) is 0 Å². The second-order valence-corrected chi connectivity index (χ2v) is 4.02. The van der Waals surface area contributed by atoms with Crippen LogP contribution in [-0.2, 0) is 4.74 Å². The Balaban J connectivity index is 2.29. The topological polar surface area (TPSA) is 38.7 Å². The smallest absolute Gasteiger partial charge is 0.200 e. The highest BCUT2D eigenvalue weighted by Gasteiger charge is 2.27. The number of aliphatic hydroxyl groups excluding tert-OH is 1. The van der Waals surface area contributed by atoms with Gasteiger partial charge in [0.2, 0.25) is 5.82 Å². The van der Waals surface area contributed by atoms with Crippen LogP contribution >= 0.6 is 0 Å². The van der Waals surface area contributed by atoms with Crippen molar-refractivity contribution in [3.05, 3.63) is 29.3 Å². The molecule has 1 fully saturated rings. The lowest BCUT2D eigenvalue weighted by Gasteiger charge is -2.27. The standard InChI is InChI=1S/C12H14F2O3/c1-16-9-3-2-8(11(13)12(9)14)10-6-7(15)4-5-17-10/h2-3,7,10,15H,4-6H2,1H3. The number of hydrogen-bond donors (Lipinski definition) is 1. The van der Waals surface area contributed by atoms with Gasteiger partial charge in [0.05, 0.1) is 19.3 Å². The zero-order valence-electron chi connectivity index (χ0n) is 9.45. The van der Waals surface area contributed by atoms with Gasteiger partial charge >= 0.3 is 0 Å². The summed E-state index contributed by atoms with van der Waals surface area (Å²) in [7, 11) is 1.28. The van der Waals surface area contributed by atoms with E-state index < -0.39 is 23.8 Å². The van der Waals surface area contributed by atoms with Crippen molar-refractivity contribution < 1.29 is 23.4 Å². The highest BCUT2D eigenvalue weighted by atomic mass is 19.2. The molecule has 0 bridgehead atoms. The quantitative estimate of drug-likeness (QED) is 0.866. The molecular weight excluding hydrogens is 230 g/mol. The Bertz CT molecular complexity index is 409. The molecule has 2 atom stereocenters. The first-order valence-corrected chi connectivity index (χ1v) is 5.45. The molecule has 1 saturated heterocycles. The van der Waals surface area contributed by atoms with Gasteiger partial charge in [0.25, 0.3) is 0 Å². The van der Waals surface area contributed by atoms with Crippen molar-refractivity contribution in [2.45, 2.75) is 25.0 Å². The molecule has 1 heterocycles. The predicted octanol–water partition coefficient (Wildman–Crippen LogP) is 2.19. The lowest BCUT2D eigenvalue weighted by atomic mass is 9.98. The summed E-state index contributed by atoms with van der Waals surface area (Å²) in [5.74, 6) is -2.13. The van der Waals surface area contributed by atoms with Crippen LogP contribution in [0.4, 0.5) is 8.78 Å². The molecule has 5 heteroatoms. The largest absolute Gasteiger partial charge is 0.494 e. The summed E-state index contributed by atoms with van der Waals surface area (Å²) >= 11 is 0. The van der Waals surface area contributed by atoms with Crippen molar-refractivity contribution >= 4 is 0 Å². The summed E-state index contributed by atoms with van der Waals surface area (Å²) < 4.78 is 37.3. The molecule has 0 aromatic heterocycles. The fourth-order valence-corrected chi connectivity index (χ4v) is 1.95. The van der Waals surface area contributed by atoms with E-state index in [1.54, 1.807) is 0 Å². The third-order valence-corrected chi connectivity index (χ3v) is 2.90. The second kappa shape index (κ2) is 4.98. The van der Waals surface area contributed by atoms with Crippen molar-refractivity contribution in [3.8, 4) is 5.75 Å². The molecule has 2 rings (SSSR count). The number of benzene rings is 1. The monoisotopic (exact) mass is 244 g/mol. The predicted molar refractivity (Wildman–Crippen MR) is 56.8 cm³/mol. The van der Waals surface area contributed by atoms with Gasteiger partial charge in [-0.25, -0.2) is 4.39 Å². The van der Waals surface area contributed by atoms with Crippen LogP contribution in [0.3, 0.4) is 0 Å². The van der Waals surface area contributed by atoms with E-state index in [2.05, 4.69) is 4.74 Å². The van der Waals surface area contributed by atoms with E-state index >= 15 is 0 Å². The minimum atomic E-state index is -1.02. The van der Waals surface area contributed by atoms with Crippen LogP contribution in [0.15, 0.2) is 12.1 Å².